The van der Waals surface area contributed by atoms with E-state index in [1.807, 2.05) is 39.8 Å². The Balaban J connectivity index is 0. The van der Waals surface area contributed by atoms with Crippen LogP contribution in [-0.4, -0.2) is 0 Å². The Morgan fingerprint density at radius 1 is 0.636 bits per heavy atom. The molecule has 0 amide bonds. The Morgan fingerprint density at radius 3 is 1.12 bits per heavy atom. The van der Waals surface area contributed by atoms with E-state index in [1.165, 1.54) is 12.8 Å². The van der Waals surface area contributed by atoms with Crippen molar-refractivity contribution in [1.82, 2.24) is 0 Å². The van der Waals surface area contributed by atoms with Crippen LogP contribution in [0.25, 0.3) is 0 Å². The molecule has 2 aliphatic rings. The summed E-state index contributed by atoms with van der Waals surface area (Å²) in [7, 11) is 0. The first-order valence-corrected chi connectivity index (χ1v) is 11.5. The van der Waals surface area contributed by atoms with Gasteiger partial charge in [-0.15, -0.1) is 0 Å². The van der Waals surface area contributed by atoms with Gasteiger partial charge in [-0.05, 0) is 145 Å². The van der Waals surface area contributed by atoms with Crippen LogP contribution in [0.2, 0.25) is 0 Å². The second-order valence-corrected chi connectivity index (χ2v) is 7.98. The minimum absolute atomic E-state index is 0.938. The van der Waals surface area contributed by atoms with E-state index in [2.05, 4.69) is 115 Å². The van der Waals surface area contributed by atoms with Gasteiger partial charge in [-0.25, -0.2) is 0 Å². The van der Waals surface area contributed by atoms with Gasteiger partial charge in [0.2, 0.25) is 0 Å². The largest absolute Gasteiger partial charge is 0.0919 e. The highest BCUT2D eigenvalue weighted by molar-refractivity contribution is 4.97. The van der Waals surface area contributed by atoms with E-state index in [9.17, 15) is 0 Å². The van der Waals surface area contributed by atoms with Gasteiger partial charge < -0.3 is 0 Å². The van der Waals surface area contributed by atoms with Crippen LogP contribution in [0.5, 0.6) is 0 Å². The first-order chi connectivity index (χ1) is 15.8. The topological polar surface area (TPSA) is 0 Å². The molecule has 2 rings (SSSR count). The Hall–Kier alpha value is -3.60. The smallest absolute Gasteiger partial charge is 0.00000000000926 e. The fraction of sp³-hybridized carbons (Fsp3) is 0.455. The van der Waals surface area contributed by atoms with E-state index < -0.39 is 0 Å². The van der Waals surface area contributed by atoms with Gasteiger partial charge in [0.05, 0.1) is 0 Å². The lowest BCUT2D eigenvalue weighted by Gasteiger charge is -1.79. The molecule has 0 nitrogen and oxygen atoms in total. The SMILES string of the molecule is C/C=C\C.C=C=C=C=C=C=C=C=C=C=C=C=C=C=C=C(C)CC.CC1CC1C.CC1C[C@H]1C. The van der Waals surface area contributed by atoms with E-state index >= 15 is 0 Å². The lowest BCUT2D eigenvalue weighted by Crippen LogP contribution is -1.61. The molecule has 0 bridgehead atoms. The molecule has 33 heavy (non-hydrogen) atoms. The molecule has 4 atom stereocenters. The molecular formula is C33H38. The van der Waals surface area contributed by atoms with Crippen LogP contribution < -0.4 is 0 Å². The second kappa shape index (κ2) is 23.1. The molecule has 0 aromatic carbocycles. The third-order valence-corrected chi connectivity index (χ3v) is 4.94. The Kier molecular flexibility index (Phi) is 22.1. The normalized spacial score (nSPS) is 18.9. The molecule has 2 aliphatic carbocycles. The highest BCUT2D eigenvalue weighted by Gasteiger charge is 2.26. The zero-order valence-corrected chi connectivity index (χ0v) is 21.8. The maximum atomic E-state index is 3.31. The van der Waals surface area contributed by atoms with Crippen LogP contribution in [0.15, 0.2) is 105 Å². The fourth-order valence-corrected chi connectivity index (χ4v) is 1.60. The standard InChI is InChI=1S/C19H10.2C5H10.C4H8/c1-4-6-7-8-9-10-11-12-13-14-15-16-17-18-19(3)5-2;2*1-4-3-5(4)2;1-3-4-2/h1,5H2,2-3H3;2*4-5H,3H2,1-2H3;3-4H,1-2H3/b;;;4-3-/t;4-,5?;;/m.1../s1. The summed E-state index contributed by atoms with van der Waals surface area (Å²) < 4.78 is 0. The van der Waals surface area contributed by atoms with Gasteiger partial charge in [-0.1, -0.05) is 58.2 Å². The molecule has 0 aromatic heterocycles. The van der Waals surface area contributed by atoms with Crippen molar-refractivity contribution in [3.63, 3.8) is 0 Å². The minimum Gasteiger partial charge on any atom is -0.0919 e. The van der Waals surface area contributed by atoms with Crippen molar-refractivity contribution in [2.24, 2.45) is 23.7 Å². The summed E-state index contributed by atoms with van der Waals surface area (Å²) >= 11 is 0. The molecular weight excluding hydrogens is 396 g/mol. The summed E-state index contributed by atoms with van der Waals surface area (Å²) in [6.07, 6.45) is 7.88. The third kappa shape index (κ3) is 28.4. The Morgan fingerprint density at radius 2 is 0.909 bits per heavy atom. The van der Waals surface area contributed by atoms with E-state index in [1.54, 1.807) is 0 Å². The van der Waals surface area contributed by atoms with Crippen LogP contribution in [0.1, 0.15) is 74.7 Å². The third-order valence-electron chi connectivity index (χ3n) is 4.94. The van der Waals surface area contributed by atoms with Gasteiger partial charge in [0.25, 0.3) is 0 Å². The molecule has 0 N–H and O–H groups in total. The average molecular weight is 435 g/mol. The number of allylic oxidation sites excluding steroid dienone is 3. The number of rotatable bonds is 1. The summed E-state index contributed by atoms with van der Waals surface area (Å²) in [5, 5.41) is 0. The van der Waals surface area contributed by atoms with Crippen molar-refractivity contribution in [2.45, 2.75) is 74.7 Å². The lowest BCUT2D eigenvalue weighted by atomic mass is 10.3. The van der Waals surface area contributed by atoms with Crippen LogP contribution >= 0.6 is 0 Å². The average Bonchev–Trinajstić information content (AvgIpc) is 3.69. The van der Waals surface area contributed by atoms with E-state index in [0.29, 0.717) is 0 Å². The van der Waals surface area contributed by atoms with Crippen molar-refractivity contribution >= 4 is 0 Å². The van der Waals surface area contributed by atoms with Gasteiger partial charge in [-0.3, -0.25) is 0 Å². The molecule has 0 spiro atoms. The molecule has 0 saturated heterocycles. The first kappa shape index (κ1) is 31.6. The van der Waals surface area contributed by atoms with Crippen molar-refractivity contribution in [3.8, 4) is 0 Å². The zero-order valence-electron chi connectivity index (χ0n) is 21.8. The quantitative estimate of drug-likeness (QED) is 0.285. The van der Waals surface area contributed by atoms with Crippen LogP contribution in [0.3, 0.4) is 0 Å². The first-order valence-electron chi connectivity index (χ1n) is 11.5. The molecule has 0 aliphatic heterocycles. The van der Waals surface area contributed by atoms with Crippen molar-refractivity contribution in [2.75, 3.05) is 0 Å². The summed E-state index contributed by atoms with van der Waals surface area (Å²) in [6.45, 7) is 20.5. The Labute approximate surface area is 202 Å². The molecule has 0 aromatic rings. The van der Waals surface area contributed by atoms with Crippen LogP contribution in [0.4, 0.5) is 0 Å². The summed E-state index contributed by atoms with van der Waals surface area (Å²) in [4.78, 5) is 0. The fourth-order valence-electron chi connectivity index (χ4n) is 1.60. The van der Waals surface area contributed by atoms with Gasteiger partial charge >= 0.3 is 0 Å². The van der Waals surface area contributed by atoms with Gasteiger partial charge in [0.15, 0.2) is 0 Å². The van der Waals surface area contributed by atoms with Crippen molar-refractivity contribution in [1.29, 1.82) is 0 Å². The predicted octanol–water partition coefficient (Wildman–Crippen LogP) is 9.05. The zero-order chi connectivity index (χ0) is 25.3. The van der Waals surface area contributed by atoms with Crippen molar-refractivity contribution in [3.05, 3.63) is 105 Å². The number of hydrogen-bond donors (Lipinski definition) is 0. The maximum absolute atomic E-state index is 3.31. The van der Waals surface area contributed by atoms with Crippen molar-refractivity contribution < 1.29 is 0 Å². The molecule has 0 heteroatoms. The van der Waals surface area contributed by atoms with E-state index in [0.717, 1.165) is 35.7 Å². The lowest BCUT2D eigenvalue weighted by molar-refractivity contribution is 0.834. The second-order valence-electron chi connectivity index (χ2n) is 7.98. The highest BCUT2D eigenvalue weighted by atomic mass is 14.3. The highest BCUT2D eigenvalue weighted by Crippen LogP contribution is 2.36. The molecule has 0 heterocycles. The Bertz CT molecular complexity index is 1110. The minimum atomic E-state index is 0.938. The van der Waals surface area contributed by atoms with E-state index in [4.69, 9.17) is 0 Å². The molecule has 3 unspecified atom stereocenters. The summed E-state index contributed by atoms with van der Waals surface area (Å²) in [5.74, 6) is 4.20. The molecule has 0 radical (unpaired) electrons. The molecule has 2 fully saturated rings. The monoisotopic (exact) mass is 434 g/mol. The summed E-state index contributed by atoms with van der Waals surface area (Å²) in [5.41, 5.74) is 36.9. The summed E-state index contributed by atoms with van der Waals surface area (Å²) in [6, 6.07) is 0. The van der Waals surface area contributed by atoms with E-state index in [-0.39, 0.29) is 0 Å². The molecule has 170 valence electrons. The maximum Gasteiger partial charge on any atom is -0.00000000000926 e. The predicted molar refractivity (Wildman–Crippen MR) is 141 cm³/mol. The van der Waals surface area contributed by atoms with Crippen LogP contribution in [0, 0.1) is 23.7 Å². The van der Waals surface area contributed by atoms with Gasteiger partial charge in [-0.2, -0.15) is 0 Å². The van der Waals surface area contributed by atoms with Gasteiger partial charge in [0.1, 0.15) is 0 Å². The van der Waals surface area contributed by atoms with Gasteiger partial charge in [0, 0.05) is 0 Å². The molecule has 2 saturated carbocycles. The van der Waals surface area contributed by atoms with Crippen LogP contribution in [-0.2, 0) is 0 Å². The number of hydrogen-bond acceptors (Lipinski definition) is 0.